The fraction of sp³-hybridized carbons (Fsp3) is 0.111. The Balaban J connectivity index is 2.74. The average Bonchev–Trinajstić information content (AvgIpc) is 2.66. The van der Waals surface area contributed by atoms with E-state index >= 15 is 0 Å². The van der Waals surface area contributed by atoms with Gasteiger partial charge in [0, 0.05) is 12.6 Å². The maximum Gasteiger partial charge on any atom is 0.217 e. The number of hydrogen-bond acceptors (Lipinski definition) is 3. The minimum atomic E-state index is -0.320. The zero-order valence-electron chi connectivity index (χ0n) is 7.50. The number of H-pyrrole nitrogens is 2. The van der Waals surface area contributed by atoms with Crippen molar-refractivity contribution >= 4 is 16.8 Å². The highest BCUT2D eigenvalue weighted by atomic mass is 16.1. The van der Waals surface area contributed by atoms with Gasteiger partial charge in [-0.25, -0.2) is 0 Å². The fourth-order valence-corrected chi connectivity index (χ4v) is 1.26. The topological polar surface area (TPSA) is 78.6 Å². The number of ketones is 1. The van der Waals surface area contributed by atoms with Crippen LogP contribution >= 0.6 is 0 Å². The highest BCUT2D eigenvalue weighted by molar-refractivity contribution is 6.03. The largest absolute Gasteiger partial charge is 0.358 e. The molecule has 2 heterocycles. The molecular weight excluding hydrogens is 182 g/mol. The summed E-state index contributed by atoms with van der Waals surface area (Å²) in [5.74, 6) is -0.289. The number of rotatable bonds is 2. The van der Waals surface area contributed by atoms with E-state index in [0.29, 0.717) is 11.0 Å². The lowest BCUT2D eigenvalue weighted by molar-refractivity contribution is 0.102. The van der Waals surface area contributed by atoms with E-state index in [2.05, 4.69) is 15.2 Å². The van der Waals surface area contributed by atoms with Crippen molar-refractivity contribution in [2.75, 3.05) is 0 Å². The monoisotopic (exact) mass is 190 g/mol. The number of nitrogens with zero attached hydrogens (tertiary/aromatic N) is 1. The molecule has 2 aromatic rings. The molecule has 5 heteroatoms. The van der Waals surface area contributed by atoms with Gasteiger partial charge in [-0.1, -0.05) is 6.92 Å². The number of fused-ring (bicyclic) bond motifs is 1. The predicted molar refractivity (Wildman–Crippen MR) is 51.0 cm³/mol. The third kappa shape index (κ3) is 1.14. The third-order valence-electron chi connectivity index (χ3n) is 2.01. The van der Waals surface area contributed by atoms with Crippen LogP contribution < -0.4 is 5.43 Å². The van der Waals surface area contributed by atoms with Crippen LogP contribution in [0.2, 0.25) is 0 Å². The van der Waals surface area contributed by atoms with Crippen molar-refractivity contribution in [2.45, 2.75) is 6.92 Å². The normalized spacial score (nSPS) is 10.6. The first-order chi connectivity index (χ1) is 6.74. The van der Waals surface area contributed by atoms with E-state index in [4.69, 9.17) is 0 Å². The molecule has 0 spiro atoms. The fourth-order valence-electron chi connectivity index (χ4n) is 1.26. The van der Waals surface area contributed by atoms with Crippen molar-refractivity contribution in [3.8, 4) is 0 Å². The van der Waals surface area contributed by atoms with E-state index in [1.165, 1.54) is 18.8 Å². The Labute approximate surface area is 79.1 Å². The van der Waals surface area contributed by atoms with Gasteiger partial charge in [0.2, 0.25) is 5.43 Å². The summed E-state index contributed by atoms with van der Waals surface area (Å²) in [4.78, 5) is 25.8. The minimum Gasteiger partial charge on any atom is -0.358 e. The van der Waals surface area contributed by atoms with Crippen LogP contribution in [0.5, 0.6) is 0 Å². The maximum absolute atomic E-state index is 11.7. The smallest absolute Gasteiger partial charge is 0.217 e. The number of hydrogen-bond donors (Lipinski definition) is 2. The van der Waals surface area contributed by atoms with Crippen molar-refractivity contribution in [1.82, 2.24) is 15.2 Å². The van der Waals surface area contributed by atoms with Crippen LogP contribution in [0, 0.1) is 6.42 Å². The third-order valence-corrected chi connectivity index (χ3v) is 2.01. The molecule has 0 saturated heterocycles. The van der Waals surface area contributed by atoms with Crippen LogP contribution in [0.4, 0.5) is 0 Å². The van der Waals surface area contributed by atoms with E-state index < -0.39 is 0 Å². The molecule has 0 aliphatic rings. The van der Waals surface area contributed by atoms with E-state index in [-0.39, 0.29) is 16.8 Å². The molecular formula is C9H8N3O2. The van der Waals surface area contributed by atoms with E-state index in [1.54, 1.807) is 6.92 Å². The number of pyridine rings is 1. The average molecular weight is 190 g/mol. The standard InChI is InChI=1S/C9H8N3O2/c1-2-7(13)5-3-10-6-4-11-12-8(6)9(5)14/h2-4H,1H3,(H,10,14)(H,11,12). The maximum atomic E-state index is 11.7. The van der Waals surface area contributed by atoms with Gasteiger partial charge in [0.05, 0.1) is 17.3 Å². The molecule has 2 aromatic heterocycles. The van der Waals surface area contributed by atoms with Crippen molar-refractivity contribution in [2.24, 2.45) is 0 Å². The van der Waals surface area contributed by atoms with Gasteiger partial charge in [-0.05, 0) is 0 Å². The summed E-state index contributed by atoms with van der Waals surface area (Å²) in [5, 5.41) is 6.26. The zero-order valence-corrected chi connectivity index (χ0v) is 7.50. The Morgan fingerprint density at radius 2 is 2.36 bits per heavy atom. The second kappa shape index (κ2) is 3.10. The van der Waals surface area contributed by atoms with E-state index in [1.807, 2.05) is 0 Å². The SMILES string of the molecule is C[CH]C(=O)c1c[nH]c2cn[nH]c2c1=O. The summed E-state index contributed by atoms with van der Waals surface area (Å²) in [6, 6.07) is 0. The Hall–Kier alpha value is -1.91. The van der Waals surface area contributed by atoms with E-state index in [0.717, 1.165) is 0 Å². The Kier molecular flexibility index (Phi) is 1.92. The number of Topliss-reactive ketones (excluding diaryl/α,β-unsaturated/α-hetero) is 1. The van der Waals surface area contributed by atoms with Gasteiger partial charge in [-0.3, -0.25) is 14.7 Å². The molecule has 5 nitrogen and oxygen atoms in total. The van der Waals surface area contributed by atoms with Crippen LogP contribution in [-0.2, 0) is 0 Å². The van der Waals surface area contributed by atoms with Crippen LogP contribution in [-0.4, -0.2) is 21.0 Å². The van der Waals surface area contributed by atoms with Gasteiger partial charge in [-0.15, -0.1) is 0 Å². The van der Waals surface area contributed by atoms with E-state index in [9.17, 15) is 9.59 Å². The van der Waals surface area contributed by atoms with Gasteiger partial charge in [0.15, 0.2) is 5.78 Å². The van der Waals surface area contributed by atoms with Gasteiger partial charge >= 0.3 is 0 Å². The molecule has 0 amide bonds. The molecule has 2 N–H and O–H groups in total. The van der Waals surface area contributed by atoms with Gasteiger partial charge in [-0.2, -0.15) is 5.10 Å². The molecule has 71 valence electrons. The first-order valence-corrected chi connectivity index (χ1v) is 4.12. The summed E-state index contributed by atoms with van der Waals surface area (Å²) in [6.45, 7) is 1.60. The zero-order chi connectivity index (χ0) is 10.1. The van der Waals surface area contributed by atoms with Gasteiger partial charge in [0.1, 0.15) is 5.52 Å². The first kappa shape index (κ1) is 8.68. The number of nitrogens with one attached hydrogen (secondary N) is 2. The molecule has 2 rings (SSSR count). The van der Waals surface area contributed by atoms with Crippen molar-refractivity contribution in [3.63, 3.8) is 0 Å². The lowest BCUT2D eigenvalue weighted by Gasteiger charge is -1.95. The summed E-state index contributed by atoms with van der Waals surface area (Å²) in [7, 11) is 0. The second-order valence-corrected chi connectivity index (χ2v) is 2.84. The lowest BCUT2D eigenvalue weighted by Crippen LogP contribution is -2.15. The molecule has 0 saturated carbocycles. The summed E-state index contributed by atoms with van der Waals surface area (Å²) >= 11 is 0. The Bertz CT molecular complexity index is 538. The van der Waals surface area contributed by atoms with Crippen LogP contribution in [0.3, 0.4) is 0 Å². The lowest BCUT2D eigenvalue weighted by atomic mass is 10.1. The first-order valence-electron chi connectivity index (χ1n) is 4.12. The van der Waals surface area contributed by atoms with Crippen molar-refractivity contribution in [1.29, 1.82) is 0 Å². The molecule has 0 aliphatic heterocycles. The second-order valence-electron chi connectivity index (χ2n) is 2.84. The molecule has 0 aliphatic carbocycles. The highest BCUT2D eigenvalue weighted by Gasteiger charge is 2.11. The number of carbonyl (C=O) groups is 1. The Morgan fingerprint density at radius 1 is 1.57 bits per heavy atom. The molecule has 0 atom stereocenters. The minimum absolute atomic E-state index is 0.129. The molecule has 0 bridgehead atoms. The predicted octanol–water partition coefficient (Wildman–Crippen LogP) is 0.658. The number of carbonyl (C=O) groups excluding carboxylic acids is 1. The quantitative estimate of drug-likeness (QED) is 0.682. The Morgan fingerprint density at radius 3 is 3.07 bits per heavy atom. The highest BCUT2D eigenvalue weighted by Crippen LogP contribution is 2.04. The van der Waals surface area contributed by atoms with Gasteiger partial charge in [0.25, 0.3) is 0 Å². The summed E-state index contributed by atoms with van der Waals surface area (Å²) in [6.07, 6.45) is 4.26. The molecule has 0 fully saturated rings. The van der Waals surface area contributed by atoms with Crippen LogP contribution in [0.25, 0.3) is 11.0 Å². The molecule has 0 aromatic carbocycles. The van der Waals surface area contributed by atoms with Crippen LogP contribution in [0.1, 0.15) is 17.3 Å². The van der Waals surface area contributed by atoms with Crippen molar-refractivity contribution < 1.29 is 4.79 Å². The molecule has 0 unspecified atom stereocenters. The molecule has 14 heavy (non-hydrogen) atoms. The van der Waals surface area contributed by atoms with Gasteiger partial charge < -0.3 is 4.98 Å². The number of aromatic nitrogens is 3. The summed E-state index contributed by atoms with van der Waals surface area (Å²) < 4.78 is 0. The van der Waals surface area contributed by atoms with Crippen LogP contribution in [0.15, 0.2) is 17.2 Å². The molecule has 1 radical (unpaired) electrons. The number of aromatic amines is 2. The van der Waals surface area contributed by atoms with Crippen molar-refractivity contribution in [3.05, 3.63) is 34.6 Å². The summed E-state index contributed by atoms with van der Waals surface area (Å²) in [5.41, 5.74) is 0.740.